The third-order valence-corrected chi connectivity index (χ3v) is 4.14. The van der Waals surface area contributed by atoms with Gasteiger partial charge in [-0.05, 0) is 44.5 Å². The molecule has 0 bridgehead atoms. The van der Waals surface area contributed by atoms with Crippen LogP contribution in [0.5, 0.6) is 0 Å². The average Bonchev–Trinajstić information content (AvgIpc) is 3.04. The molecule has 1 aromatic heterocycles. The number of allylic oxidation sites excluding steroid dienone is 1. The quantitative estimate of drug-likeness (QED) is 0.805. The lowest BCUT2D eigenvalue weighted by Crippen LogP contribution is -2.06. The molecule has 1 aromatic carbocycles. The van der Waals surface area contributed by atoms with E-state index in [-0.39, 0.29) is 11.9 Å². The molecule has 21 heavy (non-hydrogen) atoms. The number of rotatable bonds is 3. The lowest BCUT2D eigenvalue weighted by Gasteiger charge is -2.12. The van der Waals surface area contributed by atoms with Crippen LogP contribution in [0.4, 0.5) is 4.39 Å². The SMILES string of the molecule is CO[C@@H]1C=C[C@@H](c2c(C)nn(-c3ccc(F)cc3)c2C)C1. The minimum Gasteiger partial charge on any atom is -0.377 e. The molecule has 0 saturated carbocycles. The highest BCUT2D eigenvalue weighted by molar-refractivity contribution is 5.41. The van der Waals surface area contributed by atoms with E-state index in [4.69, 9.17) is 4.74 Å². The summed E-state index contributed by atoms with van der Waals surface area (Å²) in [5.74, 6) is 0.103. The summed E-state index contributed by atoms with van der Waals surface area (Å²) in [4.78, 5) is 0. The van der Waals surface area contributed by atoms with Crippen molar-refractivity contribution < 1.29 is 9.13 Å². The Morgan fingerprint density at radius 3 is 2.52 bits per heavy atom. The highest BCUT2D eigenvalue weighted by Crippen LogP contribution is 2.34. The van der Waals surface area contributed by atoms with Crippen molar-refractivity contribution in [2.45, 2.75) is 32.3 Å². The molecule has 1 aliphatic rings. The van der Waals surface area contributed by atoms with Crippen molar-refractivity contribution in [1.82, 2.24) is 9.78 Å². The predicted octanol–water partition coefficient (Wildman–Crippen LogP) is 3.69. The van der Waals surface area contributed by atoms with E-state index in [9.17, 15) is 4.39 Å². The van der Waals surface area contributed by atoms with E-state index in [1.165, 1.54) is 17.7 Å². The van der Waals surface area contributed by atoms with Gasteiger partial charge in [-0.25, -0.2) is 9.07 Å². The Labute approximate surface area is 124 Å². The standard InChI is InChI=1S/C17H19FN2O/c1-11-17(13-4-9-16(10-13)21-3)12(2)20(19-11)15-7-5-14(18)6-8-15/h4-9,13,16H,10H2,1-3H3/t13-,16-/m1/s1. The van der Waals surface area contributed by atoms with Crippen LogP contribution in [0.3, 0.4) is 0 Å². The Balaban J connectivity index is 1.97. The van der Waals surface area contributed by atoms with Crippen molar-refractivity contribution in [1.29, 1.82) is 0 Å². The van der Waals surface area contributed by atoms with Gasteiger partial charge in [-0.3, -0.25) is 0 Å². The van der Waals surface area contributed by atoms with Gasteiger partial charge in [-0.2, -0.15) is 5.10 Å². The largest absolute Gasteiger partial charge is 0.377 e. The summed E-state index contributed by atoms with van der Waals surface area (Å²) in [5, 5.41) is 4.63. The first-order valence-electron chi connectivity index (χ1n) is 7.13. The van der Waals surface area contributed by atoms with Crippen molar-refractivity contribution in [3.05, 3.63) is 59.2 Å². The van der Waals surface area contributed by atoms with E-state index in [1.807, 2.05) is 11.6 Å². The van der Waals surface area contributed by atoms with E-state index >= 15 is 0 Å². The van der Waals surface area contributed by atoms with E-state index in [0.717, 1.165) is 23.5 Å². The molecule has 110 valence electrons. The van der Waals surface area contributed by atoms with E-state index in [1.54, 1.807) is 19.2 Å². The van der Waals surface area contributed by atoms with Gasteiger partial charge in [0.15, 0.2) is 0 Å². The third-order valence-electron chi connectivity index (χ3n) is 4.14. The van der Waals surface area contributed by atoms with Crippen molar-refractivity contribution in [2.75, 3.05) is 7.11 Å². The second-order valence-electron chi connectivity index (χ2n) is 5.47. The molecule has 4 heteroatoms. The third kappa shape index (κ3) is 2.51. The van der Waals surface area contributed by atoms with E-state index < -0.39 is 0 Å². The Hall–Kier alpha value is -1.94. The predicted molar refractivity (Wildman–Crippen MR) is 80.3 cm³/mol. The fraction of sp³-hybridized carbons (Fsp3) is 0.353. The molecule has 3 rings (SSSR count). The van der Waals surface area contributed by atoms with Gasteiger partial charge in [-0.15, -0.1) is 0 Å². The summed E-state index contributed by atoms with van der Waals surface area (Å²) >= 11 is 0. The molecule has 1 heterocycles. The molecular formula is C17H19FN2O. The molecule has 0 radical (unpaired) electrons. The van der Waals surface area contributed by atoms with Crippen molar-refractivity contribution in [2.24, 2.45) is 0 Å². The lowest BCUT2D eigenvalue weighted by molar-refractivity contribution is 0.138. The smallest absolute Gasteiger partial charge is 0.123 e. The topological polar surface area (TPSA) is 27.1 Å². The monoisotopic (exact) mass is 286 g/mol. The van der Waals surface area contributed by atoms with Crippen LogP contribution in [0.15, 0.2) is 36.4 Å². The number of halogens is 1. The minimum absolute atomic E-state index is 0.183. The Morgan fingerprint density at radius 1 is 1.19 bits per heavy atom. The highest BCUT2D eigenvalue weighted by Gasteiger charge is 2.25. The second kappa shape index (κ2) is 5.45. The van der Waals surface area contributed by atoms with Gasteiger partial charge < -0.3 is 4.74 Å². The first-order valence-corrected chi connectivity index (χ1v) is 7.13. The molecule has 2 aromatic rings. The molecule has 2 atom stereocenters. The number of aryl methyl sites for hydroxylation is 1. The fourth-order valence-electron chi connectivity index (χ4n) is 3.08. The van der Waals surface area contributed by atoms with Gasteiger partial charge in [0.1, 0.15) is 5.82 Å². The molecule has 0 N–H and O–H groups in total. The molecule has 0 aliphatic heterocycles. The summed E-state index contributed by atoms with van der Waals surface area (Å²) in [6.45, 7) is 4.09. The van der Waals surface area contributed by atoms with Gasteiger partial charge >= 0.3 is 0 Å². The van der Waals surface area contributed by atoms with E-state index in [2.05, 4.69) is 24.2 Å². The number of methoxy groups -OCH3 is 1. The van der Waals surface area contributed by atoms with Crippen LogP contribution in [0.2, 0.25) is 0 Å². The van der Waals surface area contributed by atoms with Crippen molar-refractivity contribution in [3.63, 3.8) is 0 Å². The number of aromatic nitrogens is 2. The minimum atomic E-state index is -0.234. The van der Waals surface area contributed by atoms with Gasteiger partial charge in [0.05, 0.1) is 17.5 Å². The summed E-state index contributed by atoms with van der Waals surface area (Å²) < 4.78 is 20.3. The van der Waals surface area contributed by atoms with Crippen molar-refractivity contribution in [3.8, 4) is 5.69 Å². The number of benzene rings is 1. The van der Waals surface area contributed by atoms with Gasteiger partial charge in [-0.1, -0.05) is 12.2 Å². The maximum absolute atomic E-state index is 13.1. The normalized spacial score (nSPS) is 21.1. The zero-order chi connectivity index (χ0) is 15.0. The van der Waals surface area contributed by atoms with Crippen LogP contribution in [-0.2, 0) is 4.74 Å². The molecule has 0 saturated heterocycles. The van der Waals surface area contributed by atoms with Gasteiger partial charge in [0, 0.05) is 24.3 Å². The van der Waals surface area contributed by atoms with Crippen molar-refractivity contribution >= 4 is 0 Å². The molecule has 1 aliphatic carbocycles. The zero-order valence-corrected chi connectivity index (χ0v) is 12.5. The first kappa shape index (κ1) is 14.0. The second-order valence-corrected chi connectivity index (χ2v) is 5.47. The average molecular weight is 286 g/mol. The van der Waals surface area contributed by atoms with Gasteiger partial charge in [0.2, 0.25) is 0 Å². The number of hydrogen-bond acceptors (Lipinski definition) is 2. The summed E-state index contributed by atoms with van der Waals surface area (Å²) in [6.07, 6.45) is 5.44. The zero-order valence-electron chi connectivity index (χ0n) is 12.5. The summed E-state index contributed by atoms with van der Waals surface area (Å²) in [5.41, 5.74) is 4.25. The Morgan fingerprint density at radius 2 is 1.90 bits per heavy atom. The van der Waals surface area contributed by atoms with E-state index in [0.29, 0.717) is 5.92 Å². The van der Waals surface area contributed by atoms with Crippen LogP contribution < -0.4 is 0 Å². The van der Waals surface area contributed by atoms with Gasteiger partial charge in [0.25, 0.3) is 0 Å². The fourth-order valence-corrected chi connectivity index (χ4v) is 3.08. The maximum atomic E-state index is 13.1. The van der Waals surface area contributed by atoms with Crippen LogP contribution >= 0.6 is 0 Å². The molecular weight excluding hydrogens is 267 g/mol. The van der Waals surface area contributed by atoms with Crippen LogP contribution in [0.25, 0.3) is 5.69 Å². The molecule has 0 fully saturated rings. The number of ether oxygens (including phenoxy) is 1. The lowest BCUT2D eigenvalue weighted by atomic mass is 9.96. The van der Waals surface area contributed by atoms with Crippen LogP contribution in [0.1, 0.15) is 29.3 Å². The first-order chi connectivity index (χ1) is 10.1. The Kier molecular flexibility index (Phi) is 3.64. The highest BCUT2D eigenvalue weighted by atomic mass is 19.1. The molecule has 0 unspecified atom stereocenters. The summed E-state index contributed by atoms with van der Waals surface area (Å²) in [7, 11) is 1.74. The molecule has 0 spiro atoms. The van der Waals surface area contributed by atoms with Crippen LogP contribution in [-0.4, -0.2) is 23.0 Å². The Bertz CT molecular complexity index is 673. The number of hydrogen-bond donors (Lipinski definition) is 0. The number of nitrogens with zero attached hydrogens (tertiary/aromatic N) is 2. The maximum Gasteiger partial charge on any atom is 0.123 e. The molecule has 3 nitrogen and oxygen atoms in total. The summed E-state index contributed by atoms with van der Waals surface area (Å²) in [6, 6.07) is 6.42. The van der Waals surface area contributed by atoms with Crippen LogP contribution in [0, 0.1) is 19.7 Å². The molecule has 0 amide bonds.